The molecule has 0 saturated heterocycles. The summed E-state index contributed by atoms with van der Waals surface area (Å²) in [6.45, 7) is 29.1. The summed E-state index contributed by atoms with van der Waals surface area (Å²) in [5.41, 5.74) is 19.5. The van der Waals surface area contributed by atoms with Gasteiger partial charge in [-0.3, -0.25) is 0 Å². The SMILES string of the molecule is Cc1ccc(-c2cc(C#N)ccc2-n2c3ccccc3c3cc(-c4cc5c6c(c4)N(c4cc(C(C)(C)C)cc(C(C)(C)C)c4)c4ccccc4B6c4ccccc4N5c4cc(C(C)(C)C)cc(C(C)(C)C)c4)ccc32)c(C(F)(F)F)c1. The molecule has 8 heteroatoms. The maximum absolute atomic E-state index is 15.0. The Balaban J connectivity index is 1.17. The number of benzene rings is 9. The Morgan fingerprint density at radius 3 is 1.42 bits per heavy atom. The maximum atomic E-state index is 15.0. The van der Waals surface area contributed by atoms with E-state index in [0.29, 0.717) is 16.8 Å². The lowest BCUT2D eigenvalue weighted by Gasteiger charge is -2.45. The van der Waals surface area contributed by atoms with E-state index in [1.807, 2.05) is 18.2 Å². The summed E-state index contributed by atoms with van der Waals surface area (Å²) in [5.74, 6) is 0. The summed E-state index contributed by atoms with van der Waals surface area (Å²) < 4.78 is 47.2. The van der Waals surface area contributed by atoms with Gasteiger partial charge >= 0.3 is 6.18 Å². The first-order valence-corrected chi connectivity index (χ1v) is 28.2. The fraction of sp³-hybridized carbons (Fsp3) is 0.247. The number of nitrogens with zero attached hydrogens (tertiary/aromatic N) is 4. The Hall–Kier alpha value is -8.28. The molecule has 1 aromatic heterocycles. The number of hydrogen-bond acceptors (Lipinski definition) is 3. The lowest BCUT2D eigenvalue weighted by molar-refractivity contribution is -0.137. The summed E-state index contributed by atoms with van der Waals surface area (Å²) >= 11 is 0. The minimum Gasteiger partial charge on any atom is -0.311 e. The number of nitriles is 1. The maximum Gasteiger partial charge on any atom is 0.417 e. The van der Waals surface area contributed by atoms with Crippen LogP contribution in [0.4, 0.5) is 47.3 Å². The van der Waals surface area contributed by atoms with Crippen LogP contribution in [-0.4, -0.2) is 11.3 Å². The molecule has 0 bridgehead atoms. The number of aromatic nitrogens is 1. The third-order valence-corrected chi connectivity index (χ3v) is 16.8. The van der Waals surface area contributed by atoms with Gasteiger partial charge in [0.05, 0.1) is 33.9 Å². The van der Waals surface area contributed by atoms with Crippen LogP contribution < -0.4 is 26.2 Å². The van der Waals surface area contributed by atoms with Crippen LogP contribution in [0.2, 0.25) is 0 Å². The lowest BCUT2D eigenvalue weighted by Crippen LogP contribution is -2.61. The van der Waals surface area contributed by atoms with E-state index >= 15 is 13.2 Å². The van der Waals surface area contributed by atoms with Crippen LogP contribution in [0, 0.1) is 18.3 Å². The van der Waals surface area contributed by atoms with Gasteiger partial charge in [0.1, 0.15) is 0 Å². The summed E-state index contributed by atoms with van der Waals surface area (Å²) in [4.78, 5) is 5.04. The highest BCUT2D eigenvalue weighted by Gasteiger charge is 2.44. The minimum absolute atomic E-state index is 0.0201. The first-order chi connectivity index (χ1) is 38.2. The molecule has 0 unspecified atom stereocenters. The van der Waals surface area contributed by atoms with Crippen LogP contribution in [0.3, 0.4) is 0 Å². The monoisotopic (exact) mass is 1070 g/mol. The fourth-order valence-electron chi connectivity index (χ4n) is 12.4. The average Bonchev–Trinajstić information content (AvgIpc) is 1.80. The molecule has 404 valence electrons. The van der Waals surface area contributed by atoms with Gasteiger partial charge in [-0.15, -0.1) is 0 Å². The van der Waals surface area contributed by atoms with Crippen LogP contribution in [0.25, 0.3) is 49.7 Å². The number of alkyl halides is 3. The molecular weight excluding hydrogens is 1000 g/mol. The number of hydrogen-bond donors (Lipinski definition) is 0. The van der Waals surface area contributed by atoms with Crippen molar-refractivity contribution in [3.05, 3.63) is 215 Å². The molecule has 0 aliphatic carbocycles. The summed E-state index contributed by atoms with van der Waals surface area (Å²) in [6, 6.07) is 63.4. The number of anilines is 6. The highest BCUT2D eigenvalue weighted by atomic mass is 19.4. The molecule has 0 saturated carbocycles. The Kier molecular flexibility index (Phi) is 12.3. The molecule has 0 amide bonds. The Morgan fingerprint density at radius 1 is 0.420 bits per heavy atom. The zero-order valence-electron chi connectivity index (χ0n) is 48.7. The molecule has 10 aromatic rings. The van der Waals surface area contributed by atoms with Crippen molar-refractivity contribution in [1.29, 1.82) is 5.26 Å². The van der Waals surface area contributed by atoms with Crippen molar-refractivity contribution in [1.82, 2.24) is 4.57 Å². The molecule has 2 aliphatic rings. The minimum atomic E-state index is -4.63. The smallest absolute Gasteiger partial charge is 0.311 e. The van der Waals surface area contributed by atoms with E-state index in [9.17, 15) is 5.26 Å². The standard InChI is InChI=1S/C73H68BF3N4/c1-44-26-29-54(58(32-44)73(75,76)77)56-33-45(43-78)27-30-62(56)81-61-23-17-14-20-55(61)57-34-46(28-31-63(57)81)47-35-66-68-67(36-47)80(53-41-50(71(8,9)10)38-51(42-53)72(11,12)13)65-25-19-16-22-60(65)74(68)59-21-15-18-24-64(59)79(66)52-39-48(69(2,3)4)37-49(40-52)70(5,6)7/h14-42H,1-13H3. The largest absolute Gasteiger partial charge is 0.417 e. The highest BCUT2D eigenvalue weighted by molar-refractivity contribution is 7.00. The van der Waals surface area contributed by atoms with Gasteiger partial charge in [0.25, 0.3) is 6.71 Å². The molecule has 4 nitrogen and oxygen atoms in total. The van der Waals surface area contributed by atoms with Crippen molar-refractivity contribution in [2.75, 3.05) is 9.80 Å². The van der Waals surface area contributed by atoms with Gasteiger partial charge in [-0.25, -0.2) is 0 Å². The molecular formula is C73H68BF3N4. The van der Waals surface area contributed by atoms with Crippen LogP contribution in [0.1, 0.15) is 122 Å². The Labute approximate surface area is 476 Å². The summed E-state index contributed by atoms with van der Waals surface area (Å²) in [7, 11) is 0. The molecule has 81 heavy (non-hydrogen) atoms. The van der Waals surface area contributed by atoms with Gasteiger partial charge in [-0.1, -0.05) is 174 Å². The molecule has 2 aliphatic heterocycles. The van der Waals surface area contributed by atoms with Gasteiger partial charge in [-0.2, -0.15) is 18.4 Å². The molecule has 3 heterocycles. The predicted octanol–water partition coefficient (Wildman–Crippen LogP) is 18.6. The van der Waals surface area contributed by atoms with Gasteiger partial charge < -0.3 is 14.4 Å². The van der Waals surface area contributed by atoms with Gasteiger partial charge in [0, 0.05) is 50.5 Å². The molecule has 0 N–H and O–H groups in total. The van der Waals surface area contributed by atoms with Crippen molar-refractivity contribution in [3.8, 4) is 34.0 Å². The summed E-state index contributed by atoms with van der Waals surface area (Å²) in [5, 5.41) is 12.1. The van der Waals surface area contributed by atoms with Gasteiger partial charge in [0.2, 0.25) is 0 Å². The number of aryl methyl sites for hydroxylation is 1. The van der Waals surface area contributed by atoms with E-state index in [-0.39, 0.29) is 39.5 Å². The number of para-hydroxylation sites is 3. The van der Waals surface area contributed by atoms with Crippen LogP contribution in [0.15, 0.2) is 176 Å². The zero-order valence-corrected chi connectivity index (χ0v) is 48.7. The zero-order chi connectivity index (χ0) is 57.5. The average molecular weight is 1070 g/mol. The summed E-state index contributed by atoms with van der Waals surface area (Å²) in [6.07, 6.45) is -4.63. The van der Waals surface area contributed by atoms with Gasteiger partial charge in [-0.05, 0) is 175 Å². The topological polar surface area (TPSA) is 35.2 Å². The van der Waals surface area contributed by atoms with Crippen LogP contribution in [0.5, 0.6) is 0 Å². The van der Waals surface area contributed by atoms with Crippen molar-refractivity contribution in [2.45, 2.75) is 118 Å². The van der Waals surface area contributed by atoms with Crippen LogP contribution >= 0.6 is 0 Å². The first kappa shape index (κ1) is 53.4. The van der Waals surface area contributed by atoms with E-state index in [4.69, 9.17) is 0 Å². The fourth-order valence-corrected chi connectivity index (χ4v) is 12.4. The second-order valence-corrected chi connectivity index (χ2v) is 26.7. The van der Waals surface area contributed by atoms with E-state index < -0.39 is 11.7 Å². The molecule has 0 fully saturated rings. The first-order valence-electron chi connectivity index (χ1n) is 28.2. The third kappa shape index (κ3) is 9.10. The van der Waals surface area contributed by atoms with Crippen molar-refractivity contribution in [2.24, 2.45) is 0 Å². The van der Waals surface area contributed by atoms with Crippen molar-refractivity contribution < 1.29 is 13.2 Å². The molecule has 0 spiro atoms. The second-order valence-electron chi connectivity index (χ2n) is 26.7. The normalized spacial score (nSPS) is 13.6. The molecule has 12 rings (SSSR count). The molecule has 0 radical (unpaired) electrons. The van der Waals surface area contributed by atoms with E-state index in [1.54, 1.807) is 31.2 Å². The quantitative estimate of drug-likeness (QED) is 0.161. The number of halogens is 3. The van der Waals surface area contributed by atoms with Crippen LogP contribution in [-0.2, 0) is 27.8 Å². The molecule has 9 aromatic carbocycles. The van der Waals surface area contributed by atoms with Crippen molar-refractivity contribution in [3.63, 3.8) is 0 Å². The molecule has 0 atom stereocenters. The predicted molar refractivity (Wildman–Crippen MR) is 335 cm³/mol. The van der Waals surface area contributed by atoms with Crippen molar-refractivity contribution >= 4 is 79.0 Å². The van der Waals surface area contributed by atoms with Gasteiger partial charge in [0.15, 0.2) is 0 Å². The Bertz CT molecular complexity index is 4050. The lowest BCUT2D eigenvalue weighted by atomic mass is 9.33. The second kappa shape index (κ2) is 18.6. The number of fused-ring (bicyclic) bond motifs is 7. The third-order valence-electron chi connectivity index (χ3n) is 16.8. The number of rotatable bonds is 5. The van der Waals surface area contributed by atoms with E-state index in [0.717, 1.165) is 67.1 Å². The highest BCUT2D eigenvalue weighted by Crippen LogP contribution is 2.50. The van der Waals surface area contributed by atoms with E-state index in [2.05, 4.69) is 225 Å². The Morgan fingerprint density at radius 2 is 0.914 bits per heavy atom. The van der Waals surface area contributed by atoms with E-state index in [1.165, 1.54) is 50.8 Å².